The molecule has 1 rings (SSSR count). The van der Waals surface area contributed by atoms with Crippen LogP contribution in [0.3, 0.4) is 0 Å². The van der Waals surface area contributed by atoms with Crippen LogP contribution in [-0.4, -0.2) is 15.5 Å². The van der Waals surface area contributed by atoms with Gasteiger partial charge in [-0.15, -0.1) is 0 Å². The van der Waals surface area contributed by atoms with Crippen LogP contribution in [-0.2, 0) is 7.05 Å². The van der Waals surface area contributed by atoms with E-state index in [0.29, 0.717) is 0 Å². The monoisotopic (exact) mass is 163 g/mol. The van der Waals surface area contributed by atoms with Gasteiger partial charge >= 0.3 is 0 Å². The van der Waals surface area contributed by atoms with Crippen molar-refractivity contribution in [3.8, 4) is 0 Å². The first-order valence-corrected chi connectivity index (χ1v) is 3.81. The topological polar surface area (TPSA) is 30.2 Å². The van der Waals surface area contributed by atoms with E-state index in [1.807, 2.05) is 31.8 Å². The molecule has 0 atom stereocenters. The average Bonchev–Trinajstić information content (AvgIpc) is 2.34. The van der Waals surface area contributed by atoms with Crippen LogP contribution in [0, 0.1) is 6.92 Å². The summed E-state index contributed by atoms with van der Waals surface area (Å²) in [5, 5.41) is 4.12. The van der Waals surface area contributed by atoms with Gasteiger partial charge in [0.25, 0.3) is 0 Å². The number of aliphatic imine (C=N–C) groups is 1. The molecule has 1 aromatic rings. The Hall–Kier alpha value is -1.38. The third kappa shape index (κ3) is 1.44. The van der Waals surface area contributed by atoms with Crippen LogP contribution < -0.4 is 0 Å². The normalized spacial score (nSPS) is 11.8. The van der Waals surface area contributed by atoms with Gasteiger partial charge in [-0.1, -0.05) is 6.58 Å². The smallest absolute Gasteiger partial charge is 0.0583 e. The number of aryl methyl sites for hydroxylation is 1. The van der Waals surface area contributed by atoms with E-state index in [2.05, 4.69) is 16.7 Å². The molecule has 12 heavy (non-hydrogen) atoms. The van der Waals surface area contributed by atoms with Crippen molar-refractivity contribution >= 4 is 5.71 Å². The molecule has 0 bridgehead atoms. The van der Waals surface area contributed by atoms with Crippen LogP contribution in [0.2, 0.25) is 0 Å². The molecule has 0 unspecified atom stereocenters. The predicted octanol–water partition coefficient (Wildman–Crippen LogP) is 1.68. The maximum Gasteiger partial charge on any atom is 0.0583 e. The Balaban J connectivity index is 3.11. The zero-order valence-corrected chi connectivity index (χ0v) is 7.70. The van der Waals surface area contributed by atoms with E-state index in [0.717, 1.165) is 17.0 Å². The fourth-order valence-electron chi connectivity index (χ4n) is 1.06. The summed E-state index contributed by atoms with van der Waals surface area (Å²) in [6, 6.07) is 0. The second kappa shape index (κ2) is 3.34. The minimum Gasteiger partial charge on any atom is -0.272 e. The van der Waals surface area contributed by atoms with E-state index in [9.17, 15) is 0 Å². The highest BCUT2D eigenvalue weighted by Gasteiger charge is 2.04. The van der Waals surface area contributed by atoms with Gasteiger partial charge in [0.05, 0.1) is 6.20 Å². The minimum atomic E-state index is 0.954. The van der Waals surface area contributed by atoms with Gasteiger partial charge in [0, 0.05) is 30.2 Å². The Bertz CT molecular complexity index is 321. The highest BCUT2D eigenvalue weighted by molar-refractivity contribution is 5.99. The lowest BCUT2D eigenvalue weighted by Crippen LogP contribution is -1.98. The zero-order valence-electron chi connectivity index (χ0n) is 7.70. The first kappa shape index (κ1) is 8.71. The van der Waals surface area contributed by atoms with Crippen molar-refractivity contribution in [1.82, 2.24) is 9.78 Å². The molecule has 0 aromatic carbocycles. The van der Waals surface area contributed by atoms with Gasteiger partial charge in [-0.25, -0.2) is 0 Å². The van der Waals surface area contributed by atoms with Gasteiger partial charge in [-0.2, -0.15) is 5.10 Å². The molecule has 0 spiro atoms. The van der Waals surface area contributed by atoms with Crippen molar-refractivity contribution in [3.63, 3.8) is 0 Å². The summed E-state index contributed by atoms with van der Waals surface area (Å²) in [6.07, 6.45) is 3.36. The second-order valence-electron chi connectivity index (χ2n) is 2.66. The van der Waals surface area contributed by atoms with Crippen molar-refractivity contribution in [2.75, 3.05) is 0 Å². The van der Waals surface area contributed by atoms with Crippen molar-refractivity contribution in [3.05, 3.63) is 30.2 Å². The molecule has 1 aromatic heterocycles. The molecule has 0 amide bonds. The lowest BCUT2D eigenvalue weighted by Gasteiger charge is -1.97. The lowest BCUT2D eigenvalue weighted by molar-refractivity contribution is 0.740. The molecule has 3 heteroatoms. The van der Waals surface area contributed by atoms with E-state index in [1.165, 1.54) is 0 Å². The minimum absolute atomic E-state index is 0.954. The molecule has 3 nitrogen and oxygen atoms in total. The van der Waals surface area contributed by atoms with Crippen molar-refractivity contribution < 1.29 is 0 Å². The Labute approximate surface area is 72.4 Å². The Kier molecular flexibility index (Phi) is 2.43. The van der Waals surface area contributed by atoms with E-state index in [1.54, 1.807) is 6.20 Å². The number of hydrogen-bond donors (Lipinski definition) is 0. The van der Waals surface area contributed by atoms with E-state index >= 15 is 0 Å². The van der Waals surface area contributed by atoms with E-state index < -0.39 is 0 Å². The number of nitrogens with zero attached hydrogens (tertiary/aromatic N) is 3. The van der Waals surface area contributed by atoms with E-state index in [-0.39, 0.29) is 0 Å². The Morgan fingerprint density at radius 2 is 2.42 bits per heavy atom. The summed E-state index contributed by atoms with van der Waals surface area (Å²) < 4.78 is 1.83. The molecule has 0 saturated carbocycles. The Morgan fingerprint density at radius 3 is 2.83 bits per heavy atom. The molecule has 0 aliphatic heterocycles. The maximum atomic E-state index is 4.12. The van der Waals surface area contributed by atoms with Crippen LogP contribution in [0.15, 0.2) is 24.0 Å². The van der Waals surface area contributed by atoms with Gasteiger partial charge in [-0.3, -0.25) is 9.67 Å². The largest absolute Gasteiger partial charge is 0.272 e. The summed E-state index contributed by atoms with van der Waals surface area (Å²) in [7, 11) is 1.92. The van der Waals surface area contributed by atoms with Crippen molar-refractivity contribution in [2.24, 2.45) is 12.0 Å². The number of hydrogen-bond acceptors (Lipinski definition) is 2. The summed E-state index contributed by atoms with van der Waals surface area (Å²) in [6.45, 7) is 7.52. The van der Waals surface area contributed by atoms with Crippen LogP contribution in [0.5, 0.6) is 0 Å². The molecular weight excluding hydrogens is 150 g/mol. The van der Waals surface area contributed by atoms with Gasteiger partial charge in [0.1, 0.15) is 0 Å². The number of rotatable bonds is 2. The van der Waals surface area contributed by atoms with Gasteiger partial charge in [0.2, 0.25) is 0 Å². The summed E-state index contributed by atoms with van der Waals surface area (Å²) >= 11 is 0. The lowest BCUT2D eigenvalue weighted by atomic mass is 10.2. The predicted molar refractivity (Wildman–Crippen MR) is 50.4 cm³/mol. The van der Waals surface area contributed by atoms with Gasteiger partial charge < -0.3 is 0 Å². The summed E-state index contributed by atoms with van der Waals surface area (Å²) in [4.78, 5) is 4.10. The first-order chi connectivity index (χ1) is 5.66. The van der Waals surface area contributed by atoms with Crippen LogP contribution >= 0.6 is 0 Å². The molecule has 0 N–H and O–H groups in total. The molecule has 0 saturated heterocycles. The van der Waals surface area contributed by atoms with Crippen molar-refractivity contribution in [1.29, 1.82) is 0 Å². The molecule has 0 radical (unpaired) electrons. The average molecular weight is 163 g/mol. The van der Waals surface area contributed by atoms with Gasteiger partial charge in [0.15, 0.2) is 0 Å². The molecular formula is C9H13N3. The maximum absolute atomic E-state index is 4.12. The first-order valence-electron chi connectivity index (χ1n) is 3.81. The van der Waals surface area contributed by atoms with Crippen LogP contribution in [0.1, 0.15) is 18.2 Å². The molecule has 0 fully saturated rings. The fourth-order valence-corrected chi connectivity index (χ4v) is 1.06. The fraction of sp³-hybridized carbons (Fsp3) is 0.333. The summed E-state index contributed by atoms with van der Waals surface area (Å²) in [5.41, 5.74) is 3.16. The van der Waals surface area contributed by atoms with Crippen molar-refractivity contribution in [2.45, 2.75) is 13.8 Å². The van der Waals surface area contributed by atoms with Gasteiger partial charge in [-0.05, 0) is 13.8 Å². The third-order valence-corrected chi connectivity index (χ3v) is 1.91. The second-order valence-corrected chi connectivity index (χ2v) is 2.66. The zero-order chi connectivity index (χ0) is 9.14. The molecule has 1 heterocycles. The molecule has 64 valence electrons. The summed E-state index contributed by atoms with van der Waals surface area (Å²) in [5.74, 6) is 0. The standard InChI is InChI=1S/C9H13N3/c1-5-10-7(2)9-6-11-12(4)8(9)3/h5-6H,1H2,2-4H3. The van der Waals surface area contributed by atoms with E-state index in [4.69, 9.17) is 0 Å². The van der Waals surface area contributed by atoms with Crippen LogP contribution in [0.25, 0.3) is 0 Å². The SMILES string of the molecule is C=CN=C(C)c1cnn(C)c1C. The quantitative estimate of drug-likeness (QED) is 0.610. The highest BCUT2D eigenvalue weighted by Crippen LogP contribution is 2.06. The molecule has 0 aliphatic carbocycles. The molecule has 0 aliphatic rings. The third-order valence-electron chi connectivity index (χ3n) is 1.91. The Morgan fingerprint density at radius 1 is 1.75 bits per heavy atom. The van der Waals surface area contributed by atoms with Crippen LogP contribution in [0.4, 0.5) is 0 Å². The highest BCUT2D eigenvalue weighted by atomic mass is 15.3. The number of aromatic nitrogens is 2.